The molecule has 150 valence electrons. The van der Waals surface area contributed by atoms with Gasteiger partial charge in [-0.1, -0.05) is 0 Å². The summed E-state index contributed by atoms with van der Waals surface area (Å²) in [5, 5.41) is 40.1. The van der Waals surface area contributed by atoms with Gasteiger partial charge >= 0.3 is 0 Å². The first kappa shape index (κ1) is 19.1. The number of rotatable bonds is 4. The van der Waals surface area contributed by atoms with Crippen LogP contribution in [0.2, 0.25) is 0 Å². The van der Waals surface area contributed by atoms with Gasteiger partial charge in [0, 0.05) is 23.1 Å². The van der Waals surface area contributed by atoms with E-state index in [2.05, 4.69) is 0 Å². The van der Waals surface area contributed by atoms with Crippen molar-refractivity contribution < 1.29 is 38.7 Å². The lowest BCUT2D eigenvalue weighted by atomic mass is 9.99. The maximum absolute atomic E-state index is 12.6. The Morgan fingerprint density at radius 2 is 1.89 bits per heavy atom. The summed E-state index contributed by atoms with van der Waals surface area (Å²) < 4.78 is 22.0. The lowest BCUT2D eigenvalue weighted by Gasteiger charge is -2.39. The van der Waals surface area contributed by atoms with Gasteiger partial charge in [-0.3, -0.25) is 4.79 Å². The summed E-state index contributed by atoms with van der Waals surface area (Å²) >= 11 is 0. The second-order valence-corrected chi connectivity index (χ2v) is 6.79. The maximum Gasteiger partial charge on any atom is 0.193 e. The number of aliphatic hydroxyl groups excluding tert-OH is 4. The Morgan fingerprint density at radius 3 is 2.64 bits per heavy atom. The first-order valence-electron chi connectivity index (χ1n) is 8.76. The van der Waals surface area contributed by atoms with Crippen LogP contribution in [0.25, 0.3) is 21.9 Å². The molecule has 9 heteroatoms. The number of aryl methyl sites for hydroxylation is 1. The number of aliphatic hydroxyl groups is 4. The zero-order valence-electron chi connectivity index (χ0n) is 14.9. The lowest BCUT2D eigenvalue weighted by Crippen LogP contribution is -2.59. The average molecular weight is 392 g/mol. The number of furan rings is 1. The molecule has 1 fully saturated rings. The highest BCUT2D eigenvalue weighted by molar-refractivity contribution is 5.97. The number of fused-ring (bicyclic) bond motifs is 2. The molecule has 0 unspecified atom stereocenters. The van der Waals surface area contributed by atoms with Crippen LogP contribution >= 0.6 is 0 Å². The quantitative estimate of drug-likeness (QED) is 0.488. The van der Waals surface area contributed by atoms with E-state index in [9.17, 15) is 25.2 Å². The molecular weight excluding hydrogens is 372 g/mol. The van der Waals surface area contributed by atoms with E-state index in [1.165, 1.54) is 12.3 Å². The van der Waals surface area contributed by atoms with E-state index in [0.29, 0.717) is 33.3 Å². The van der Waals surface area contributed by atoms with Crippen molar-refractivity contribution in [2.24, 2.45) is 0 Å². The summed E-state index contributed by atoms with van der Waals surface area (Å²) in [4.78, 5) is 12.6. The molecule has 1 saturated heterocycles. The monoisotopic (exact) mass is 392 g/mol. The SMILES string of the molecule is Cc1cc(=O)c2c(CO[C@@H]3O[C@H](CO)[C@@H](O)[C@H](O)[C@H]3O)c3ccoc3cc2o1. The van der Waals surface area contributed by atoms with Gasteiger partial charge in [-0.15, -0.1) is 0 Å². The molecule has 0 bridgehead atoms. The molecule has 3 heterocycles. The minimum atomic E-state index is -1.55. The van der Waals surface area contributed by atoms with Gasteiger partial charge in [-0.05, 0) is 13.0 Å². The van der Waals surface area contributed by atoms with Gasteiger partial charge in [0.15, 0.2) is 11.7 Å². The highest BCUT2D eigenvalue weighted by Crippen LogP contribution is 2.30. The van der Waals surface area contributed by atoms with Crippen LogP contribution in [0, 0.1) is 6.92 Å². The van der Waals surface area contributed by atoms with Crippen molar-refractivity contribution in [3.8, 4) is 0 Å². The fourth-order valence-corrected chi connectivity index (χ4v) is 3.49. The molecule has 0 saturated carbocycles. The summed E-state index contributed by atoms with van der Waals surface area (Å²) in [6.07, 6.45) is -5.50. The average Bonchev–Trinajstić information content (AvgIpc) is 3.12. The molecule has 0 radical (unpaired) electrons. The fraction of sp³-hybridized carbons (Fsp3) is 0.421. The highest BCUT2D eigenvalue weighted by Gasteiger charge is 2.44. The molecule has 5 atom stereocenters. The van der Waals surface area contributed by atoms with Crippen molar-refractivity contribution in [2.75, 3.05) is 6.61 Å². The van der Waals surface area contributed by atoms with Crippen molar-refractivity contribution in [1.82, 2.24) is 0 Å². The van der Waals surface area contributed by atoms with Gasteiger partial charge in [0.2, 0.25) is 0 Å². The molecular formula is C19H20O9. The molecule has 1 aliphatic rings. The third-order valence-electron chi connectivity index (χ3n) is 4.92. The van der Waals surface area contributed by atoms with E-state index in [0.717, 1.165) is 0 Å². The standard InChI is InChI=1S/C19H20O9/c1-8-4-11(21)15-10(9-2-3-25-12(9)5-13(15)27-8)7-26-19-18(24)17(23)16(22)14(6-20)28-19/h2-5,14,16-20,22-24H,6-7H2,1H3/t14-,16-,17+,18-,19-/m1/s1. The third-order valence-corrected chi connectivity index (χ3v) is 4.92. The minimum absolute atomic E-state index is 0.163. The topological polar surface area (TPSA) is 143 Å². The van der Waals surface area contributed by atoms with Crippen LogP contribution in [-0.4, -0.2) is 57.7 Å². The van der Waals surface area contributed by atoms with Crippen molar-refractivity contribution in [3.63, 3.8) is 0 Å². The van der Waals surface area contributed by atoms with Gasteiger partial charge < -0.3 is 38.7 Å². The maximum atomic E-state index is 12.6. The van der Waals surface area contributed by atoms with Crippen molar-refractivity contribution >= 4 is 21.9 Å². The third kappa shape index (κ3) is 3.12. The molecule has 0 spiro atoms. The second kappa shape index (κ2) is 7.28. The van der Waals surface area contributed by atoms with Crippen LogP contribution in [0.15, 0.2) is 38.1 Å². The van der Waals surface area contributed by atoms with Gasteiger partial charge in [-0.25, -0.2) is 0 Å². The molecule has 4 rings (SSSR count). The molecule has 4 N–H and O–H groups in total. The normalized spacial score (nSPS) is 28.2. The number of ether oxygens (including phenoxy) is 2. The Hall–Kier alpha value is -2.27. The Bertz CT molecular complexity index is 1050. The van der Waals surface area contributed by atoms with Crippen LogP contribution in [0.3, 0.4) is 0 Å². The van der Waals surface area contributed by atoms with E-state index < -0.39 is 37.3 Å². The summed E-state index contributed by atoms with van der Waals surface area (Å²) in [5.41, 5.74) is 1.05. The molecule has 1 aliphatic heterocycles. The zero-order valence-corrected chi connectivity index (χ0v) is 14.9. The Labute approximate surface area is 158 Å². The Balaban J connectivity index is 1.71. The number of benzene rings is 1. The van der Waals surface area contributed by atoms with Crippen LogP contribution in [0.5, 0.6) is 0 Å². The smallest absolute Gasteiger partial charge is 0.193 e. The molecule has 0 aliphatic carbocycles. The van der Waals surface area contributed by atoms with E-state index in [4.69, 9.17) is 18.3 Å². The lowest BCUT2D eigenvalue weighted by molar-refractivity contribution is -0.303. The second-order valence-electron chi connectivity index (χ2n) is 6.79. The minimum Gasteiger partial charge on any atom is -0.464 e. The van der Waals surface area contributed by atoms with E-state index in [1.54, 1.807) is 19.1 Å². The van der Waals surface area contributed by atoms with Crippen LogP contribution in [0.1, 0.15) is 11.3 Å². The Kier molecular flexibility index (Phi) is 4.96. The molecule has 9 nitrogen and oxygen atoms in total. The highest BCUT2D eigenvalue weighted by atomic mass is 16.7. The van der Waals surface area contributed by atoms with Gasteiger partial charge in [0.1, 0.15) is 41.3 Å². The predicted octanol–water partition coefficient (Wildman–Crippen LogP) is 0.164. The summed E-state index contributed by atoms with van der Waals surface area (Å²) in [7, 11) is 0. The summed E-state index contributed by atoms with van der Waals surface area (Å²) in [6, 6.07) is 4.67. The first-order chi connectivity index (χ1) is 13.4. The van der Waals surface area contributed by atoms with Crippen molar-refractivity contribution in [3.05, 3.63) is 46.0 Å². The summed E-state index contributed by atoms with van der Waals surface area (Å²) in [6.45, 7) is 0.940. The zero-order chi connectivity index (χ0) is 20.0. The van der Waals surface area contributed by atoms with E-state index in [-0.39, 0.29) is 12.0 Å². The van der Waals surface area contributed by atoms with Crippen LogP contribution in [0.4, 0.5) is 0 Å². The van der Waals surface area contributed by atoms with E-state index >= 15 is 0 Å². The summed E-state index contributed by atoms with van der Waals surface area (Å²) in [5.74, 6) is 0.448. The van der Waals surface area contributed by atoms with Gasteiger partial charge in [0.05, 0.1) is 24.9 Å². The molecule has 3 aromatic rings. The number of hydrogen-bond donors (Lipinski definition) is 4. The van der Waals surface area contributed by atoms with Crippen molar-refractivity contribution in [2.45, 2.75) is 44.2 Å². The predicted molar refractivity (Wildman–Crippen MR) is 95.5 cm³/mol. The van der Waals surface area contributed by atoms with Gasteiger partial charge in [0.25, 0.3) is 0 Å². The Morgan fingerprint density at radius 1 is 1.11 bits per heavy atom. The molecule has 0 amide bonds. The number of hydrogen-bond acceptors (Lipinski definition) is 9. The largest absolute Gasteiger partial charge is 0.464 e. The first-order valence-corrected chi connectivity index (χ1v) is 8.76. The molecule has 2 aromatic heterocycles. The molecule has 28 heavy (non-hydrogen) atoms. The van der Waals surface area contributed by atoms with Gasteiger partial charge in [-0.2, -0.15) is 0 Å². The van der Waals surface area contributed by atoms with Crippen LogP contribution < -0.4 is 5.43 Å². The van der Waals surface area contributed by atoms with E-state index in [1.807, 2.05) is 0 Å². The van der Waals surface area contributed by atoms with Crippen LogP contribution in [-0.2, 0) is 16.1 Å². The molecule has 1 aromatic carbocycles. The fourth-order valence-electron chi connectivity index (χ4n) is 3.49. The van der Waals surface area contributed by atoms with Crippen molar-refractivity contribution in [1.29, 1.82) is 0 Å².